The van der Waals surface area contributed by atoms with E-state index >= 15 is 0 Å². The van der Waals surface area contributed by atoms with Gasteiger partial charge in [-0.05, 0) is 19.3 Å². The third-order valence-electron chi connectivity index (χ3n) is 2.59. The van der Waals surface area contributed by atoms with Gasteiger partial charge in [0.05, 0.1) is 18.0 Å². The molecule has 0 saturated carbocycles. The number of hydrogen-bond donors (Lipinski definition) is 1. The highest BCUT2D eigenvalue weighted by atomic mass is 16.1. The average molecular weight is 192 g/mol. The SMILES string of the molecule is CC(=O)NC1C(C)=CC(C)CC1C#N. The molecule has 0 aromatic heterocycles. The van der Waals surface area contributed by atoms with Gasteiger partial charge in [-0.15, -0.1) is 0 Å². The Bertz CT molecular complexity index is 301. The first-order chi connectivity index (χ1) is 6.54. The van der Waals surface area contributed by atoms with Crippen LogP contribution in [0.15, 0.2) is 11.6 Å². The highest BCUT2D eigenvalue weighted by molar-refractivity contribution is 5.73. The Morgan fingerprint density at radius 3 is 2.86 bits per heavy atom. The van der Waals surface area contributed by atoms with Gasteiger partial charge in [0.2, 0.25) is 5.91 Å². The van der Waals surface area contributed by atoms with Crippen molar-refractivity contribution in [2.24, 2.45) is 11.8 Å². The van der Waals surface area contributed by atoms with Crippen molar-refractivity contribution < 1.29 is 4.79 Å². The van der Waals surface area contributed by atoms with Gasteiger partial charge in [0, 0.05) is 6.92 Å². The number of carbonyl (C=O) groups excluding carboxylic acids is 1. The maximum absolute atomic E-state index is 11.0. The number of nitriles is 1. The standard InChI is InChI=1S/C11H16N2O/c1-7-4-8(2)11(13-9(3)14)10(5-7)6-12/h4,7,10-11H,5H2,1-3H3,(H,13,14). The molecule has 3 atom stereocenters. The minimum Gasteiger partial charge on any atom is -0.349 e. The molecule has 1 amide bonds. The van der Waals surface area contributed by atoms with Gasteiger partial charge >= 0.3 is 0 Å². The monoisotopic (exact) mass is 192 g/mol. The zero-order valence-electron chi connectivity index (χ0n) is 8.87. The molecule has 0 aromatic carbocycles. The molecule has 3 unspecified atom stereocenters. The first-order valence-electron chi connectivity index (χ1n) is 4.89. The first-order valence-corrected chi connectivity index (χ1v) is 4.89. The lowest BCUT2D eigenvalue weighted by Crippen LogP contribution is -2.42. The minimum absolute atomic E-state index is 0.0717. The Balaban J connectivity index is 2.83. The molecule has 1 aliphatic rings. The van der Waals surface area contributed by atoms with Crippen LogP contribution in [0, 0.1) is 23.2 Å². The van der Waals surface area contributed by atoms with Gasteiger partial charge in [-0.2, -0.15) is 5.26 Å². The lowest BCUT2D eigenvalue weighted by molar-refractivity contribution is -0.119. The first kappa shape index (κ1) is 10.8. The maximum atomic E-state index is 11.0. The number of carbonyl (C=O) groups is 1. The van der Waals surface area contributed by atoms with Crippen LogP contribution in [-0.4, -0.2) is 11.9 Å². The van der Waals surface area contributed by atoms with E-state index in [0.717, 1.165) is 12.0 Å². The van der Waals surface area contributed by atoms with Gasteiger partial charge in [0.1, 0.15) is 0 Å². The molecule has 0 radical (unpaired) electrons. The van der Waals surface area contributed by atoms with Crippen molar-refractivity contribution in [3.63, 3.8) is 0 Å². The molecule has 3 heteroatoms. The van der Waals surface area contributed by atoms with E-state index in [1.165, 1.54) is 6.92 Å². The summed E-state index contributed by atoms with van der Waals surface area (Å²) in [5.41, 5.74) is 1.10. The van der Waals surface area contributed by atoms with Gasteiger partial charge in [-0.3, -0.25) is 4.79 Å². The number of nitrogens with one attached hydrogen (secondary N) is 1. The summed E-state index contributed by atoms with van der Waals surface area (Å²) >= 11 is 0. The lowest BCUT2D eigenvalue weighted by Gasteiger charge is -2.30. The van der Waals surface area contributed by atoms with Crippen LogP contribution < -0.4 is 5.32 Å². The van der Waals surface area contributed by atoms with Crippen LogP contribution in [-0.2, 0) is 4.79 Å². The van der Waals surface area contributed by atoms with Crippen molar-refractivity contribution in [2.75, 3.05) is 0 Å². The van der Waals surface area contributed by atoms with Gasteiger partial charge < -0.3 is 5.32 Å². The summed E-state index contributed by atoms with van der Waals surface area (Å²) in [5.74, 6) is 0.279. The molecule has 1 rings (SSSR count). The van der Waals surface area contributed by atoms with Crippen LogP contribution in [0.2, 0.25) is 0 Å². The van der Waals surface area contributed by atoms with Gasteiger partial charge in [-0.1, -0.05) is 18.6 Å². The Morgan fingerprint density at radius 2 is 2.36 bits per heavy atom. The van der Waals surface area contributed by atoms with Crippen LogP contribution >= 0.6 is 0 Å². The predicted octanol–water partition coefficient (Wildman–Crippen LogP) is 1.62. The van der Waals surface area contributed by atoms with Gasteiger partial charge in [0.25, 0.3) is 0 Å². The molecule has 3 nitrogen and oxygen atoms in total. The number of hydrogen-bond acceptors (Lipinski definition) is 2. The van der Waals surface area contributed by atoms with Crippen LogP contribution in [0.25, 0.3) is 0 Å². The second kappa shape index (κ2) is 4.28. The maximum Gasteiger partial charge on any atom is 0.217 e. The summed E-state index contributed by atoms with van der Waals surface area (Å²) in [6.45, 7) is 5.55. The van der Waals surface area contributed by atoms with E-state index in [0.29, 0.717) is 5.92 Å². The quantitative estimate of drug-likeness (QED) is 0.642. The summed E-state index contributed by atoms with van der Waals surface area (Å²) in [5, 5.41) is 11.8. The summed E-state index contributed by atoms with van der Waals surface area (Å²) < 4.78 is 0. The second-order valence-corrected chi connectivity index (χ2v) is 4.04. The van der Waals surface area contributed by atoms with Crippen LogP contribution in [0.4, 0.5) is 0 Å². The second-order valence-electron chi connectivity index (χ2n) is 4.04. The molecule has 0 aliphatic heterocycles. The molecule has 0 aromatic rings. The molecule has 76 valence electrons. The normalized spacial score (nSPS) is 31.6. The lowest BCUT2D eigenvalue weighted by atomic mass is 9.80. The van der Waals surface area contributed by atoms with Crippen molar-refractivity contribution in [3.05, 3.63) is 11.6 Å². The van der Waals surface area contributed by atoms with Gasteiger partial charge in [0.15, 0.2) is 0 Å². The van der Waals surface area contributed by atoms with E-state index in [-0.39, 0.29) is 17.9 Å². The zero-order chi connectivity index (χ0) is 10.7. The number of amides is 1. The smallest absolute Gasteiger partial charge is 0.217 e. The molecule has 0 spiro atoms. The molecule has 0 saturated heterocycles. The molecule has 1 N–H and O–H groups in total. The van der Waals surface area contributed by atoms with E-state index in [2.05, 4.69) is 24.4 Å². The minimum atomic E-state index is -0.0892. The molecule has 1 aliphatic carbocycles. The fourth-order valence-electron chi connectivity index (χ4n) is 2.04. The third-order valence-corrected chi connectivity index (χ3v) is 2.59. The molecular weight excluding hydrogens is 176 g/mol. The van der Waals surface area contributed by atoms with Gasteiger partial charge in [-0.25, -0.2) is 0 Å². The third kappa shape index (κ3) is 2.35. The molecule has 14 heavy (non-hydrogen) atoms. The Labute approximate surface area is 84.8 Å². The van der Waals surface area contributed by atoms with Crippen molar-refractivity contribution in [1.82, 2.24) is 5.32 Å². The van der Waals surface area contributed by atoms with E-state index in [9.17, 15) is 4.79 Å². The van der Waals surface area contributed by atoms with Crippen LogP contribution in [0.5, 0.6) is 0 Å². The number of rotatable bonds is 1. The van der Waals surface area contributed by atoms with E-state index < -0.39 is 0 Å². The molecular formula is C11H16N2O. The Morgan fingerprint density at radius 1 is 1.71 bits per heavy atom. The van der Waals surface area contributed by atoms with E-state index in [1.54, 1.807) is 0 Å². The fraction of sp³-hybridized carbons (Fsp3) is 0.636. The largest absolute Gasteiger partial charge is 0.349 e. The van der Waals surface area contributed by atoms with E-state index in [1.807, 2.05) is 6.92 Å². The molecule has 0 bridgehead atoms. The molecule has 0 fully saturated rings. The van der Waals surface area contributed by atoms with Crippen LogP contribution in [0.1, 0.15) is 27.2 Å². The van der Waals surface area contributed by atoms with E-state index in [4.69, 9.17) is 5.26 Å². The van der Waals surface area contributed by atoms with Crippen LogP contribution in [0.3, 0.4) is 0 Å². The fourth-order valence-corrected chi connectivity index (χ4v) is 2.04. The Kier molecular flexibility index (Phi) is 3.29. The molecule has 0 heterocycles. The summed E-state index contributed by atoms with van der Waals surface area (Å²) in [7, 11) is 0. The Hall–Kier alpha value is -1.30. The summed E-state index contributed by atoms with van der Waals surface area (Å²) in [6.07, 6.45) is 2.97. The average Bonchev–Trinajstić information content (AvgIpc) is 2.08. The zero-order valence-corrected chi connectivity index (χ0v) is 8.87. The highest BCUT2D eigenvalue weighted by Gasteiger charge is 2.28. The van der Waals surface area contributed by atoms with Crippen molar-refractivity contribution in [3.8, 4) is 6.07 Å². The number of allylic oxidation sites excluding steroid dienone is 1. The topological polar surface area (TPSA) is 52.9 Å². The predicted molar refractivity (Wildman–Crippen MR) is 54.2 cm³/mol. The number of nitrogens with zero attached hydrogens (tertiary/aromatic N) is 1. The van der Waals surface area contributed by atoms with Crippen molar-refractivity contribution in [2.45, 2.75) is 33.2 Å². The summed E-state index contributed by atoms with van der Waals surface area (Å²) in [6, 6.07) is 2.18. The summed E-state index contributed by atoms with van der Waals surface area (Å²) in [4.78, 5) is 11.0. The van der Waals surface area contributed by atoms with Crippen molar-refractivity contribution in [1.29, 1.82) is 5.26 Å². The highest BCUT2D eigenvalue weighted by Crippen LogP contribution is 2.27. The van der Waals surface area contributed by atoms with Crippen molar-refractivity contribution >= 4 is 5.91 Å².